The number of thiophene rings is 1. The van der Waals surface area contributed by atoms with Crippen LogP contribution in [0.5, 0.6) is 0 Å². The summed E-state index contributed by atoms with van der Waals surface area (Å²) in [6.45, 7) is 1.69. The molecule has 116 valence electrons. The highest BCUT2D eigenvalue weighted by Gasteiger charge is 2.10. The fourth-order valence-corrected chi connectivity index (χ4v) is 2.52. The van der Waals surface area contributed by atoms with E-state index in [1.807, 2.05) is 35.9 Å². The Labute approximate surface area is 137 Å². The van der Waals surface area contributed by atoms with Crippen LogP contribution in [-0.4, -0.2) is 18.3 Å². The number of carbonyl (C=O) groups excluding carboxylic acids is 1. The number of rotatable bonds is 6. The molecule has 1 aromatic carbocycles. The predicted octanol–water partition coefficient (Wildman–Crippen LogP) is 2.92. The third kappa shape index (κ3) is 4.75. The zero-order valence-electron chi connectivity index (χ0n) is 12.0. The van der Waals surface area contributed by atoms with E-state index in [0.717, 1.165) is 11.1 Å². The van der Waals surface area contributed by atoms with Gasteiger partial charge in [0.1, 0.15) is 0 Å². The number of hydrogen-bond donors (Lipinski definition) is 2. The second kappa shape index (κ2) is 7.82. The van der Waals surface area contributed by atoms with Gasteiger partial charge in [-0.05, 0) is 36.1 Å². The summed E-state index contributed by atoms with van der Waals surface area (Å²) in [6, 6.07) is 8.97. The SMILES string of the molecule is CC(NC(=O)CO/N=C(\N)c1ccsc1)c1ccc(Cl)cc1. The van der Waals surface area contributed by atoms with Gasteiger partial charge in [0.15, 0.2) is 12.4 Å². The maximum Gasteiger partial charge on any atom is 0.261 e. The van der Waals surface area contributed by atoms with E-state index in [-0.39, 0.29) is 24.4 Å². The van der Waals surface area contributed by atoms with Gasteiger partial charge in [-0.15, -0.1) is 0 Å². The van der Waals surface area contributed by atoms with Crippen molar-refractivity contribution in [1.82, 2.24) is 5.32 Å². The highest BCUT2D eigenvalue weighted by atomic mass is 35.5. The summed E-state index contributed by atoms with van der Waals surface area (Å²) in [5.41, 5.74) is 7.45. The Kier molecular flexibility index (Phi) is 5.80. The number of hydrogen-bond acceptors (Lipinski definition) is 4. The summed E-state index contributed by atoms with van der Waals surface area (Å²) in [6.07, 6.45) is 0. The molecule has 1 unspecified atom stereocenters. The smallest absolute Gasteiger partial charge is 0.261 e. The van der Waals surface area contributed by atoms with Crippen LogP contribution in [-0.2, 0) is 9.63 Å². The molecule has 0 fully saturated rings. The van der Waals surface area contributed by atoms with Gasteiger partial charge in [0.25, 0.3) is 5.91 Å². The molecular formula is C15H16ClN3O2S. The van der Waals surface area contributed by atoms with E-state index < -0.39 is 0 Å². The van der Waals surface area contributed by atoms with Crippen LogP contribution in [0.1, 0.15) is 24.1 Å². The number of nitrogens with two attached hydrogens (primary N) is 1. The van der Waals surface area contributed by atoms with E-state index in [4.69, 9.17) is 22.2 Å². The van der Waals surface area contributed by atoms with Gasteiger partial charge in [-0.1, -0.05) is 28.9 Å². The van der Waals surface area contributed by atoms with Gasteiger partial charge in [-0.3, -0.25) is 4.79 Å². The molecule has 2 aromatic rings. The maximum absolute atomic E-state index is 11.8. The lowest BCUT2D eigenvalue weighted by Crippen LogP contribution is -2.30. The Hall–Kier alpha value is -2.05. The normalized spacial score (nSPS) is 12.7. The lowest BCUT2D eigenvalue weighted by molar-refractivity contribution is -0.126. The number of carbonyl (C=O) groups is 1. The molecule has 1 atom stereocenters. The molecule has 0 bridgehead atoms. The number of halogens is 1. The van der Waals surface area contributed by atoms with Gasteiger partial charge in [0.05, 0.1) is 6.04 Å². The first-order chi connectivity index (χ1) is 10.6. The molecule has 1 amide bonds. The molecule has 0 saturated carbocycles. The number of amides is 1. The third-order valence-electron chi connectivity index (χ3n) is 2.92. The zero-order chi connectivity index (χ0) is 15.9. The third-order valence-corrected chi connectivity index (χ3v) is 3.86. The van der Waals surface area contributed by atoms with Crippen LogP contribution in [0.25, 0.3) is 0 Å². The Morgan fingerprint density at radius 3 is 2.77 bits per heavy atom. The molecule has 0 aliphatic carbocycles. The van der Waals surface area contributed by atoms with Crippen molar-refractivity contribution in [3.05, 3.63) is 57.2 Å². The first-order valence-corrected chi connectivity index (χ1v) is 7.91. The molecule has 22 heavy (non-hydrogen) atoms. The topological polar surface area (TPSA) is 76.7 Å². The summed E-state index contributed by atoms with van der Waals surface area (Å²) in [5.74, 6) is -0.0240. The fourth-order valence-electron chi connectivity index (χ4n) is 1.74. The largest absolute Gasteiger partial charge is 0.384 e. The van der Waals surface area contributed by atoms with Crippen molar-refractivity contribution in [3.8, 4) is 0 Å². The monoisotopic (exact) mass is 337 g/mol. The molecule has 1 aromatic heterocycles. The van der Waals surface area contributed by atoms with Gasteiger partial charge in [0.2, 0.25) is 0 Å². The second-order valence-electron chi connectivity index (χ2n) is 4.60. The summed E-state index contributed by atoms with van der Waals surface area (Å²) in [7, 11) is 0. The first-order valence-electron chi connectivity index (χ1n) is 6.59. The number of benzene rings is 1. The Balaban J connectivity index is 1.80. The number of amidine groups is 1. The van der Waals surface area contributed by atoms with Crippen LogP contribution in [0.2, 0.25) is 5.02 Å². The maximum atomic E-state index is 11.8. The van der Waals surface area contributed by atoms with Gasteiger partial charge in [-0.25, -0.2) is 0 Å². The van der Waals surface area contributed by atoms with E-state index in [2.05, 4.69) is 10.5 Å². The lowest BCUT2D eigenvalue weighted by Gasteiger charge is -2.13. The minimum absolute atomic E-state index is 0.147. The summed E-state index contributed by atoms with van der Waals surface area (Å²) >= 11 is 7.34. The summed E-state index contributed by atoms with van der Waals surface area (Å²) in [4.78, 5) is 16.8. The Morgan fingerprint density at radius 2 is 2.14 bits per heavy atom. The van der Waals surface area contributed by atoms with Crippen LogP contribution in [0.15, 0.2) is 46.2 Å². The highest BCUT2D eigenvalue weighted by molar-refractivity contribution is 7.08. The van der Waals surface area contributed by atoms with Crippen molar-refractivity contribution in [3.63, 3.8) is 0 Å². The molecule has 0 saturated heterocycles. The summed E-state index contributed by atoms with van der Waals surface area (Å²) < 4.78 is 0. The molecule has 5 nitrogen and oxygen atoms in total. The van der Waals surface area contributed by atoms with E-state index in [1.165, 1.54) is 11.3 Å². The summed E-state index contributed by atoms with van der Waals surface area (Å²) in [5, 5.41) is 10.9. The number of oxime groups is 1. The van der Waals surface area contributed by atoms with E-state index in [9.17, 15) is 4.79 Å². The minimum atomic E-state index is -0.274. The van der Waals surface area contributed by atoms with Crippen molar-refractivity contribution in [1.29, 1.82) is 0 Å². The molecule has 7 heteroatoms. The predicted molar refractivity (Wildman–Crippen MR) is 89.0 cm³/mol. The average Bonchev–Trinajstić information content (AvgIpc) is 3.02. The van der Waals surface area contributed by atoms with Crippen molar-refractivity contribution >= 4 is 34.7 Å². The number of nitrogens with zero attached hydrogens (tertiary/aromatic N) is 1. The Bertz CT molecular complexity index is 641. The first kappa shape index (κ1) is 16.3. The molecule has 0 spiro atoms. The van der Waals surface area contributed by atoms with Crippen LogP contribution in [0.4, 0.5) is 0 Å². The average molecular weight is 338 g/mol. The van der Waals surface area contributed by atoms with Crippen molar-refractivity contribution < 1.29 is 9.63 Å². The molecule has 1 heterocycles. The van der Waals surface area contributed by atoms with Crippen molar-refractivity contribution in [2.24, 2.45) is 10.9 Å². The van der Waals surface area contributed by atoms with E-state index in [0.29, 0.717) is 5.02 Å². The van der Waals surface area contributed by atoms with E-state index in [1.54, 1.807) is 12.1 Å². The van der Waals surface area contributed by atoms with Gasteiger partial charge < -0.3 is 15.9 Å². The molecule has 3 N–H and O–H groups in total. The van der Waals surface area contributed by atoms with Crippen LogP contribution in [0.3, 0.4) is 0 Å². The van der Waals surface area contributed by atoms with Crippen molar-refractivity contribution in [2.75, 3.05) is 6.61 Å². The molecule has 0 aliphatic heterocycles. The lowest BCUT2D eigenvalue weighted by atomic mass is 10.1. The van der Waals surface area contributed by atoms with Crippen LogP contribution < -0.4 is 11.1 Å². The van der Waals surface area contributed by atoms with Crippen LogP contribution in [0, 0.1) is 0 Å². The standard InChI is InChI=1S/C15H16ClN3O2S/c1-10(11-2-4-13(16)5-3-11)18-14(20)8-21-19-15(17)12-6-7-22-9-12/h2-7,9-10H,8H2,1H3,(H2,17,19)(H,18,20). The second-order valence-corrected chi connectivity index (χ2v) is 5.82. The highest BCUT2D eigenvalue weighted by Crippen LogP contribution is 2.15. The Morgan fingerprint density at radius 1 is 1.41 bits per heavy atom. The van der Waals surface area contributed by atoms with Crippen LogP contribution >= 0.6 is 22.9 Å². The van der Waals surface area contributed by atoms with Crippen molar-refractivity contribution in [2.45, 2.75) is 13.0 Å². The van der Waals surface area contributed by atoms with Gasteiger partial charge in [0, 0.05) is 16.0 Å². The zero-order valence-corrected chi connectivity index (χ0v) is 13.5. The molecule has 2 rings (SSSR count). The molecule has 0 aliphatic rings. The molecular weight excluding hydrogens is 322 g/mol. The fraction of sp³-hybridized carbons (Fsp3) is 0.200. The minimum Gasteiger partial charge on any atom is -0.384 e. The number of nitrogens with one attached hydrogen (secondary N) is 1. The van der Waals surface area contributed by atoms with Gasteiger partial charge >= 0.3 is 0 Å². The van der Waals surface area contributed by atoms with E-state index >= 15 is 0 Å². The quantitative estimate of drug-likeness (QED) is 0.483. The molecule has 0 radical (unpaired) electrons. The van der Waals surface area contributed by atoms with Gasteiger partial charge in [-0.2, -0.15) is 11.3 Å².